The van der Waals surface area contributed by atoms with Crippen LogP contribution in [0.4, 0.5) is 0 Å². The highest BCUT2D eigenvalue weighted by Gasteiger charge is 2.37. The second-order valence-corrected chi connectivity index (χ2v) is 8.11. The van der Waals surface area contributed by atoms with Crippen molar-refractivity contribution in [3.8, 4) is 0 Å². The minimum absolute atomic E-state index is 0.0158. The van der Waals surface area contributed by atoms with Crippen molar-refractivity contribution in [1.29, 1.82) is 0 Å². The molecular formula is C13H26N2O2S. The van der Waals surface area contributed by atoms with Gasteiger partial charge in [-0.3, -0.25) is 0 Å². The molecule has 0 heterocycles. The molecule has 0 saturated heterocycles. The molecule has 2 atom stereocenters. The SMILES string of the molecule is CN(C1CCCCC1N)S(=O)(=O)C1CCCCC1. The van der Waals surface area contributed by atoms with Gasteiger partial charge in [0.2, 0.25) is 10.0 Å². The summed E-state index contributed by atoms with van der Waals surface area (Å²) in [5.74, 6) is 0. The molecule has 2 N–H and O–H groups in total. The van der Waals surface area contributed by atoms with Crippen LogP contribution in [0.5, 0.6) is 0 Å². The maximum absolute atomic E-state index is 12.6. The zero-order valence-corrected chi connectivity index (χ0v) is 12.2. The van der Waals surface area contributed by atoms with Crippen LogP contribution in [0.25, 0.3) is 0 Å². The highest BCUT2D eigenvalue weighted by molar-refractivity contribution is 7.89. The van der Waals surface area contributed by atoms with E-state index in [4.69, 9.17) is 5.73 Å². The van der Waals surface area contributed by atoms with Crippen molar-refractivity contribution in [2.24, 2.45) is 5.73 Å². The van der Waals surface area contributed by atoms with Gasteiger partial charge in [0.15, 0.2) is 0 Å². The molecular weight excluding hydrogens is 248 g/mol. The average Bonchev–Trinajstić information content (AvgIpc) is 2.39. The van der Waals surface area contributed by atoms with Crippen molar-refractivity contribution in [3.63, 3.8) is 0 Å². The predicted octanol–water partition coefficient (Wildman–Crippen LogP) is 1.85. The largest absolute Gasteiger partial charge is 0.326 e. The Hall–Kier alpha value is -0.130. The Kier molecular flexibility index (Phi) is 4.67. The third kappa shape index (κ3) is 2.89. The van der Waals surface area contributed by atoms with Gasteiger partial charge >= 0.3 is 0 Å². The lowest BCUT2D eigenvalue weighted by Gasteiger charge is -2.37. The van der Waals surface area contributed by atoms with Gasteiger partial charge in [-0.2, -0.15) is 0 Å². The van der Waals surface area contributed by atoms with Crippen molar-refractivity contribution in [2.45, 2.75) is 75.1 Å². The molecule has 0 aromatic carbocycles. The van der Waals surface area contributed by atoms with E-state index in [1.54, 1.807) is 11.4 Å². The number of hydrogen-bond acceptors (Lipinski definition) is 3. The highest BCUT2D eigenvalue weighted by Crippen LogP contribution is 2.29. The Morgan fingerprint density at radius 3 is 2.11 bits per heavy atom. The molecule has 2 fully saturated rings. The molecule has 2 saturated carbocycles. The monoisotopic (exact) mass is 274 g/mol. The van der Waals surface area contributed by atoms with Crippen LogP contribution in [-0.2, 0) is 10.0 Å². The molecule has 5 heteroatoms. The number of rotatable bonds is 3. The van der Waals surface area contributed by atoms with Gasteiger partial charge in [-0.25, -0.2) is 12.7 Å². The van der Waals surface area contributed by atoms with Gasteiger partial charge in [0.1, 0.15) is 0 Å². The second kappa shape index (κ2) is 5.88. The van der Waals surface area contributed by atoms with Crippen LogP contribution in [0.1, 0.15) is 57.8 Å². The van der Waals surface area contributed by atoms with Crippen molar-refractivity contribution in [3.05, 3.63) is 0 Å². The van der Waals surface area contributed by atoms with Gasteiger partial charge in [-0.05, 0) is 25.7 Å². The van der Waals surface area contributed by atoms with Crippen molar-refractivity contribution in [2.75, 3.05) is 7.05 Å². The van der Waals surface area contributed by atoms with Crippen LogP contribution in [0, 0.1) is 0 Å². The lowest BCUT2D eigenvalue weighted by molar-refractivity contribution is 0.248. The Morgan fingerprint density at radius 1 is 0.944 bits per heavy atom. The average molecular weight is 274 g/mol. The first kappa shape index (κ1) is 14.3. The summed E-state index contributed by atoms with van der Waals surface area (Å²) >= 11 is 0. The molecule has 0 aromatic rings. The van der Waals surface area contributed by atoms with Crippen molar-refractivity contribution >= 4 is 10.0 Å². The Balaban J connectivity index is 2.07. The van der Waals surface area contributed by atoms with Crippen molar-refractivity contribution < 1.29 is 8.42 Å². The molecule has 2 aliphatic carbocycles. The van der Waals surface area contributed by atoms with Crippen LogP contribution in [-0.4, -0.2) is 37.1 Å². The normalized spacial score (nSPS) is 31.7. The topological polar surface area (TPSA) is 63.4 Å². The lowest BCUT2D eigenvalue weighted by Crippen LogP contribution is -2.52. The molecule has 0 amide bonds. The molecule has 2 unspecified atom stereocenters. The smallest absolute Gasteiger partial charge is 0.217 e. The van der Waals surface area contributed by atoms with E-state index in [2.05, 4.69) is 0 Å². The van der Waals surface area contributed by atoms with E-state index in [1.165, 1.54) is 6.42 Å². The molecule has 4 nitrogen and oxygen atoms in total. The number of sulfonamides is 1. The summed E-state index contributed by atoms with van der Waals surface area (Å²) in [6.45, 7) is 0. The zero-order chi connectivity index (χ0) is 13.2. The molecule has 0 aromatic heterocycles. The van der Waals surface area contributed by atoms with Crippen LogP contribution in [0.2, 0.25) is 0 Å². The molecule has 2 aliphatic rings. The van der Waals surface area contributed by atoms with Crippen molar-refractivity contribution in [1.82, 2.24) is 4.31 Å². The summed E-state index contributed by atoms with van der Waals surface area (Å²) in [5, 5.41) is -0.162. The van der Waals surface area contributed by atoms with Gasteiger partial charge in [0.25, 0.3) is 0 Å². The zero-order valence-electron chi connectivity index (χ0n) is 11.3. The lowest BCUT2D eigenvalue weighted by atomic mass is 9.91. The van der Waals surface area contributed by atoms with E-state index in [0.29, 0.717) is 0 Å². The Bertz CT molecular complexity index is 363. The summed E-state index contributed by atoms with van der Waals surface area (Å²) in [5.41, 5.74) is 6.10. The minimum atomic E-state index is -3.14. The first-order valence-corrected chi connectivity index (χ1v) is 8.76. The molecule has 106 valence electrons. The summed E-state index contributed by atoms with van der Waals surface area (Å²) in [6, 6.07) is 0.0350. The maximum atomic E-state index is 12.6. The summed E-state index contributed by atoms with van der Waals surface area (Å²) in [7, 11) is -1.41. The number of likely N-dealkylation sites (N-methyl/N-ethyl adjacent to an activating group) is 1. The fourth-order valence-electron chi connectivity index (χ4n) is 3.38. The first-order valence-electron chi connectivity index (χ1n) is 7.26. The molecule has 0 bridgehead atoms. The fourth-order valence-corrected chi connectivity index (χ4v) is 5.42. The number of nitrogens with zero attached hydrogens (tertiary/aromatic N) is 1. The van der Waals surface area contributed by atoms with E-state index < -0.39 is 10.0 Å². The third-order valence-electron chi connectivity index (χ3n) is 4.62. The quantitative estimate of drug-likeness (QED) is 0.854. The van der Waals surface area contributed by atoms with E-state index in [9.17, 15) is 8.42 Å². The second-order valence-electron chi connectivity index (χ2n) is 5.84. The van der Waals surface area contributed by atoms with Crippen LogP contribution in [0.15, 0.2) is 0 Å². The molecule has 2 rings (SSSR count). The minimum Gasteiger partial charge on any atom is -0.326 e. The molecule has 0 spiro atoms. The summed E-state index contributed by atoms with van der Waals surface area (Å²) in [6.07, 6.45) is 9.04. The Labute approximate surface area is 111 Å². The van der Waals surface area contributed by atoms with E-state index in [-0.39, 0.29) is 17.3 Å². The number of nitrogens with two attached hydrogens (primary N) is 1. The highest BCUT2D eigenvalue weighted by atomic mass is 32.2. The third-order valence-corrected chi connectivity index (χ3v) is 7.01. The van der Waals surface area contributed by atoms with Crippen LogP contribution in [0.3, 0.4) is 0 Å². The van der Waals surface area contributed by atoms with E-state index in [0.717, 1.165) is 51.4 Å². The van der Waals surface area contributed by atoms with E-state index >= 15 is 0 Å². The van der Waals surface area contributed by atoms with Crippen LogP contribution < -0.4 is 5.73 Å². The molecule has 18 heavy (non-hydrogen) atoms. The van der Waals surface area contributed by atoms with Gasteiger partial charge in [0, 0.05) is 19.1 Å². The van der Waals surface area contributed by atoms with Crippen LogP contribution >= 0.6 is 0 Å². The predicted molar refractivity (Wildman–Crippen MR) is 73.8 cm³/mol. The van der Waals surface area contributed by atoms with Gasteiger partial charge in [-0.15, -0.1) is 0 Å². The van der Waals surface area contributed by atoms with Gasteiger partial charge in [-0.1, -0.05) is 32.1 Å². The Morgan fingerprint density at radius 2 is 1.50 bits per heavy atom. The van der Waals surface area contributed by atoms with Gasteiger partial charge in [0.05, 0.1) is 5.25 Å². The fraction of sp³-hybridized carbons (Fsp3) is 1.00. The summed E-state index contributed by atoms with van der Waals surface area (Å²) < 4.78 is 26.8. The maximum Gasteiger partial charge on any atom is 0.217 e. The van der Waals surface area contributed by atoms with Gasteiger partial charge < -0.3 is 5.73 Å². The first-order chi connectivity index (χ1) is 8.53. The molecule has 0 radical (unpaired) electrons. The molecule has 0 aliphatic heterocycles. The summed E-state index contributed by atoms with van der Waals surface area (Å²) in [4.78, 5) is 0. The standard InChI is InChI=1S/C13H26N2O2S/c1-15(13-10-6-5-9-12(13)14)18(16,17)11-7-3-2-4-8-11/h11-13H,2-10,14H2,1H3. The number of hydrogen-bond donors (Lipinski definition) is 1. The van der Waals surface area contributed by atoms with E-state index in [1.807, 2.05) is 0 Å².